The average molecular weight is 290 g/mol. The van der Waals surface area contributed by atoms with E-state index >= 15 is 0 Å². The number of hydrogen-bond acceptors (Lipinski definition) is 2. The van der Waals surface area contributed by atoms with Gasteiger partial charge in [0.05, 0.1) is 11.0 Å². The van der Waals surface area contributed by atoms with E-state index in [-0.39, 0.29) is 0 Å². The molecule has 112 valence electrons. The minimum absolute atomic E-state index is 0.636. The topological polar surface area (TPSA) is 25.8 Å². The molecule has 3 aromatic rings. The third-order valence-corrected chi connectivity index (χ3v) is 5.16. The first-order valence-electron chi connectivity index (χ1n) is 8.39. The van der Waals surface area contributed by atoms with Gasteiger partial charge >= 0.3 is 0 Å². The van der Waals surface area contributed by atoms with E-state index in [9.17, 15) is 0 Å². The summed E-state index contributed by atoms with van der Waals surface area (Å²) in [4.78, 5) is 9.70. The van der Waals surface area contributed by atoms with Crippen molar-refractivity contribution in [2.45, 2.75) is 51.9 Å². The van der Waals surface area contributed by atoms with Crippen molar-refractivity contribution < 1.29 is 0 Å². The first-order chi connectivity index (χ1) is 10.7. The molecular weight excluding hydrogens is 268 g/mol. The fourth-order valence-electron chi connectivity index (χ4n) is 3.84. The van der Waals surface area contributed by atoms with Crippen molar-refractivity contribution in [2.24, 2.45) is 0 Å². The molecule has 0 atom stereocenters. The Morgan fingerprint density at radius 3 is 2.36 bits per heavy atom. The molecule has 2 nitrogen and oxygen atoms in total. The molecule has 0 N–H and O–H groups in total. The molecule has 0 spiro atoms. The minimum atomic E-state index is 0.636. The van der Waals surface area contributed by atoms with Gasteiger partial charge in [0.25, 0.3) is 0 Å². The van der Waals surface area contributed by atoms with Crippen molar-refractivity contribution in [3.8, 4) is 0 Å². The van der Waals surface area contributed by atoms with Crippen molar-refractivity contribution >= 4 is 21.8 Å². The van der Waals surface area contributed by atoms with Crippen molar-refractivity contribution in [1.29, 1.82) is 0 Å². The fraction of sp³-hybridized carbons (Fsp3) is 0.400. The fourth-order valence-corrected chi connectivity index (χ4v) is 3.84. The molecule has 0 amide bonds. The summed E-state index contributed by atoms with van der Waals surface area (Å²) in [7, 11) is 0. The zero-order chi connectivity index (χ0) is 15.1. The Morgan fingerprint density at radius 2 is 1.59 bits per heavy atom. The third kappa shape index (κ3) is 2.18. The molecule has 1 aliphatic rings. The summed E-state index contributed by atoms with van der Waals surface area (Å²) in [6, 6.07) is 8.78. The van der Waals surface area contributed by atoms with E-state index in [4.69, 9.17) is 4.98 Å². The maximum Gasteiger partial charge on any atom is 0.0970 e. The quantitative estimate of drug-likeness (QED) is 0.557. The standard InChI is InChI=1S/C20H22N2/c1-13-10-11-21-19-16(13)8-9-17-14(2)12-18(22-20(17)19)15-6-4-3-5-7-15/h8-12,15H,3-7H2,1-2H3. The summed E-state index contributed by atoms with van der Waals surface area (Å²) in [6.45, 7) is 4.35. The molecule has 2 heteroatoms. The van der Waals surface area contributed by atoms with Gasteiger partial charge in [-0.2, -0.15) is 0 Å². The van der Waals surface area contributed by atoms with Crippen LogP contribution in [0.1, 0.15) is 54.8 Å². The lowest BCUT2D eigenvalue weighted by molar-refractivity contribution is 0.437. The SMILES string of the molecule is Cc1ccnc2c1ccc1c(C)cc(C3CCCCC3)nc12. The highest BCUT2D eigenvalue weighted by Crippen LogP contribution is 2.34. The van der Waals surface area contributed by atoms with Crippen molar-refractivity contribution in [1.82, 2.24) is 9.97 Å². The van der Waals surface area contributed by atoms with Gasteiger partial charge in [0.2, 0.25) is 0 Å². The van der Waals surface area contributed by atoms with Crippen LogP contribution in [0.25, 0.3) is 21.8 Å². The Bertz CT molecular complexity index is 845. The summed E-state index contributed by atoms with van der Waals surface area (Å²) < 4.78 is 0. The van der Waals surface area contributed by atoms with Crippen LogP contribution in [0.5, 0.6) is 0 Å². The van der Waals surface area contributed by atoms with E-state index in [1.54, 1.807) is 0 Å². The van der Waals surface area contributed by atoms with E-state index in [0.717, 1.165) is 11.0 Å². The average Bonchev–Trinajstić information content (AvgIpc) is 2.56. The monoisotopic (exact) mass is 290 g/mol. The van der Waals surface area contributed by atoms with E-state index in [1.807, 2.05) is 6.20 Å². The van der Waals surface area contributed by atoms with Crippen LogP contribution in [0.15, 0.2) is 30.5 Å². The second-order valence-electron chi connectivity index (χ2n) is 6.68. The van der Waals surface area contributed by atoms with Crippen LogP contribution in [0, 0.1) is 13.8 Å². The number of pyridine rings is 2. The van der Waals surface area contributed by atoms with Gasteiger partial charge in [-0.3, -0.25) is 9.97 Å². The van der Waals surface area contributed by atoms with Gasteiger partial charge in [0, 0.05) is 28.6 Å². The molecule has 0 bridgehead atoms. The van der Waals surface area contributed by atoms with E-state index in [0.29, 0.717) is 5.92 Å². The van der Waals surface area contributed by atoms with Gasteiger partial charge < -0.3 is 0 Å². The number of fused-ring (bicyclic) bond motifs is 3. The van der Waals surface area contributed by atoms with E-state index in [1.165, 1.54) is 59.7 Å². The Kier molecular flexibility index (Phi) is 3.33. The normalized spacial score (nSPS) is 16.5. The lowest BCUT2D eigenvalue weighted by Crippen LogP contribution is -2.07. The van der Waals surface area contributed by atoms with Gasteiger partial charge in [0.15, 0.2) is 0 Å². The maximum absolute atomic E-state index is 5.07. The maximum atomic E-state index is 5.07. The first kappa shape index (κ1) is 13.7. The molecule has 0 unspecified atom stereocenters. The first-order valence-corrected chi connectivity index (χ1v) is 8.39. The molecule has 1 aromatic carbocycles. The predicted octanol–water partition coefficient (Wildman–Crippen LogP) is 5.45. The molecule has 0 aliphatic heterocycles. The molecule has 1 fully saturated rings. The number of aromatic nitrogens is 2. The lowest BCUT2D eigenvalue weighted by Gasteiger charge is -2.22. The molecule has 1 aliphatic carbocycles. The number of nitrogens with zero attached hydrogens (tertiary/aromatic N) is 2. The van der Waals surface area contributed by atoms with Crippen LogP contribution in [0.2, 0.25) is 0 Å². The highest BCUT2D eigenvalue weighted by molar-refractivity contribution is 6.04. The summed E-state index contributed by atoms with van der Waals surface area (Å²) >= 11 is 0. The summed E-state index contributed by atoms with van der Waals surface area (Å²) in [6.07, 6.45) is 8.55. The number of rotatable bonds is 1. The molecule has 1 saturated carbocycles. The predicted molar refractivity (Wildman–Crippen MR) is 92.3 cm³/mol. The van der Waals surface area contributed by atoms with Crippen molar-refractivity contribution in [2.75, 3.05) is 0 Å². The minimum Gasteiger partial charge on any atom is -0.254 e. The number of hydrogen-bond donors (Lipinski definition) is 0. The molecule has 0 saturated heterocycles. The van der Waals surface area contributed by atoms with Crippen LogP contribution in [-0.4, -0.2) is 9.97 Å². The Labute approximate surface area is 131 Å². The van der Waals surface area contributed by atoms with Gasteiger partial charge in [-0.25, -0.2) is 0 Å². The Hall–Kier alpha value is -1.96. The molecule has 0 radical (unpaired) electrons. The Balaban J connectivity index is 1.98. The van der Waals surface area contributed by atoms with E-state index < -0.39 is 0 Å². The second-order valence-corrected chi connectivity index (χ2v) is 6.68. The Morgan fingerprint density at radius 1 is 0.864 bits per heavy atom. The van der Waals surface area contributed by atoms with Gasteiger partial charge in [-0.1, -0.05) is 31.4 Å². The van der Waals surface area contributed by atoms with Crippen LogP contribution in [0.4, 0.5) is 0 Å². The molecule has 2 aromatic heterocycles. The number of benzene rings is 1. The van der Waals surface area contributed by atoms with Gasteiger partial charge in [-0.05, 0) is 49.9 Å². The second kappa shape index (κ2) is 5.35. The molecule has 4 rings (SSSR count). The molecular formula is C20H22N2. The van der Waals surface area contributed by atoms with Crippen LogP contribution in [-0.2, 0) is 0 Å². The molecule has 22 heavy (non-hydrogen) atoms. The summed E-state index contributed by atoms with van der Waals surface area (Å²) in [5, 5.41) is 2.47. The molecule has 2 heterocycles. The summed E-state index contributed by atoms with van der Waals surface area (Å²) in [5.74, 6) is 0.636. The lowest BCUT2D eigenvalue weighted by atomic mass is 9.86. The third-order valence-electron chi connectivity index (χ3n) is 5.16. The highest BCUT2D eigenvalue weighted by Gasteiger charge is 2.18. The summed E-state index contributed by atoms with van der Waals surface area (Å²) in [5.41, 5.74) is 6.02. The van der Waals surface area contributed by atoms with Gasteiger partial charge in [0.1, 0.15) is 0 Å². The highest BCUT2D eigenvalue weighted by atomic mass is 14.8. The van der Waals surface area contributed by atoms with Crippen molar-refractivity contribution in [3.05, 3.63) is 47.3 Å². The van der Waals surface area contributed by atoms with Crippen LogP contribution in [0.3, 0.4) is 0 Å². The smallest absolute Gasteiger partial charge is 0.0970 e. The zero-order valence-corrected chi connectivity index (χ0v) is 13.4. The number of aryl methyl sites for hydroxylation is 2. The van der Waals surface area contributed by atoms with Crippen molar-refractivity contribution in [3.63, 3.8) is 0 Å². The largest absolute Gasteiger partial charge is 0.254 e. The van der Waals surface area contributed by atoms with Crippen LogP contribution < -0.4 is 0 Å². The zero-order valence-electron chi connectivity index (χ0n) is 13.4. The van der Waals surface area contributed by atoms with Gasteiger partial charge in [-0.15, -0.1) is 0 Å². The van der Waals surface area contributed by atoms with Crippen LogP contribution >= 0.6 is 0 Å². The van der Waals surface area contributed by atoms with E-state index in [2.05, 4.69) is 43.1 Å².